The second kappa shape index (κ2) is 5.12. The highest BCUT2D eigenvalue weighted by molar-refractivity contribution is 7.80. The first-order valence-electron chi connectivity index (χ1n) is 5.15. The Bertz CT molecular complexity index is 361. The molecule has 0 saturated carbocycles. The van der Waals surface area contributed by atoms with Gasteiger partial charge < -0.3 is 10.2 Å². The normalized spacial score (nSPS) is 9.87. The Hall–Kier alpha value is -1.09. The van der Waals surface area contributed by atoms with Crippen LogP contribution in [-0.4, -0.2) is 18.7 Å². The largest absolute Gasteiger partial charge is 0.363 e. The Morgan fingerprint density at radius 1 is 1.40 bits per heavy atom. The number of aryl methyl sites for hydroxylation is 2. The van der Waals surface area contributed by atoms with Gasteiger partial charge in [0.05, 0.1) is 0 Å². The summed E-state index contributed by atoms with van der Waals surface area (Å²) in [6.45, 7) is 7.10. The molecule has 0 unspecified atom stereocenters. The van der Waals surface area contributed by atoms with Crippen molar-refractivity contribution in [3.8, 4) is 0 Å². The lowest BCUT2D eigenvalue weighted by atomic mass is 10.1. The molecule has 0 spiro atoms. The molecule has 0 fully saturated rings. The van der Waals surface area contributed by atoms with Gasteiger partial charge in [-0.25, -0.2) is 0 Å². The van der Waals surface area contributed by atoms with Crippen LogP contribution in [0.5, 0.6) is 0 Å². The molecule has 0 bridgehead atoms. The number of nitrogens with zero attached hydrogens (tertiary/aromatic N) is 1. The van der Waals surface area contributed by atoms with Crippen molar-refractivity contribution in [1.82, 2.24) is 5.32 Å². The Morgan fingerprint density at radius 2 is 2.07 bits per heavy atom. The van der Waals surface area contributed by atoms with E-state index >= 15 is 0 Å². The fourth-order valence-corrected chi connectivity index (χ4v) is 1.80. The molecule has 1 aromatic carbocycles. The van der Waals surface area contributed by atoms with Crippen LogP contribution in [0.15, 0.2) is 18.2 Å². The maximum Gasteiger partial charge on any atom is 0.173 e. The summed E-state index contributed by atoms with van der Waals surface area (Å²) in [6, 6.07) is 6.38. The van der Waals surface area contributed by atoms with Gasteiger partial charge in [-0.2, -0.15) is 0 Å². The number of hydrogen-bond acceptors (Lipinski definition) is 1. The Balaban J connectivity index is 2.91. The summed E-state index contributed by atoms with van der Waals surface area (Å²) in [5.41, 5.74) is 3.68. The lowest BCUT2D eigenvalue weighted by Gasteiger charge is -2.22. The Kier molecular flexibility index (Phi) is 4.09. The van der Waals surface area contributed by atoms with E-state index in [1.165, 1.54) is 11.1 Å². The van der Waals surface area contributed by atoms with Crippen LogP contribution >= 0.6 is 12.2 Å². The van der Waals surface area contributed by atoms with Crippen LogP contribution in [0.4, 0.5) is 5.69 Å². The highest BCUT2D eigenvalue weighted by Gasteiger charge is 2.08. The fraction of sp³-hybridized carbons (Fsp3) is 0.417. The summed E-state index contributed by atoms with van der Waals surface area (Å²) in [4.78, 5) is 2.01. The van der Waals surface area contributed by atoms with E-state index in [2.05, 4.69) is 37.4 Å². The fourth-order valence-electron chi connectivity index (χ4n) is 1.56. The highest BCUT2D eigenvalue weighted by Crippen LogP contribution is 2.19. The number of nitrogens with one attached hydrogen (secondary N) is 1. The lowest BCUT2D eigenvalue weighted by Crippen LogP contribution is -2.37. The first kappa shape index (κ1) is 12.0. The van der Waals surface area contributed by atoms with Crippen LogP contribution in [0.3, 0.4) is 0 Å². The van der Waals surface area contributed by atoms with E-state index in [0.29, 0.717) is 0 Å². The number of hydrogen-bond donors (Lipinski definition) is 1. The third kappa shape index (κ3) is 2.93. The molecule has 0 aliphatic heterocycles. The van der Waals surface area contributed by atoms with Crippen molar-refractivity contribution in [3.63, 3.8) is 0 Å². The summed E-state index contributed by atoms with van der Waals surface area (Å²) >= 11 is 5.27. The molecule has 0 radical (unpaired) electrons. The van der Waals surface area contributed by atoms with E-state index in [-0.39, 0.29) is 0 Å². The van der Waals surface area contributed by atoms with E-state index in [1.807, 2.05) is 18.9 Å². The molecular formula is C12H18N2S. The SMILES string of the molecule is CCNC(=S)N(C)c1ccc(C)cc1C. The van der Waals surface area contributed by atoms with E-state index in [9.17, 15) is 0 Å². The molecule has 0 amide bonds. The van der Waals surface area contributed by atoms with E-state index in [4.69, 9.17) is 12.2 Å². The zero-order valence-electron chi connectivity index (χ0n) is 9.79. The molecule has 0 aromatic heterocycles. The molecule has 2 nitrogen and oxygen atoms in total. The number of anilines is 1. The smallest absolute Gasteiger partial charge is 0.173 e. The maximum absolute atomic E-state index is 5.27. The summed E-state index contributed by atoms with van der Waals surface area (Å²) in [6.07, 6.45) is 0. The summed E-state index contributed by atoms with van der Waals surface area (Å²) in [5, 5.41) is 3.91. The maximum atomic E-state index is 5.27. The van der Waals surface area contributed by atoms with Gasteiger partial charge in [0.1, 0.15) is 0 Å². The molecular weight excluding hydrogens is 204 g/mol. The van der Waals surface area contributed by atoms with Crippen LogP contribution in [0.1, 0.15) is 18.1 Å². The zero-order chi connectivity index (χ0) is 11.4. The van der Waals surface area contributed by atoms with Gasteiger partial charge >= 0.3 is 0 Å². The van der Waals surface area contributed by atoms with Gasteiger partial charge in [-0.3, -0.25) is 0 Å². The van der Waals surface area contributed by atoms with Gasteiger partial charge in [-0.1, -0.05) is 17.7 Å². The third-order valence-electron chi connectivity index (χ3n) is 2.35. The second-order valence-corrected chi connectivity index (χ2v) is 4.07. The van der Waals surface area contributed by atoms with Gasteiger partial charge in [0.25, 0.3) is 0 Å². The molecule has 3 heteroatoms. The average Bonchev–Trinajstić information content (AvgIpc) is 2.17. The number of thiocarbonyl (C=S) groups is 1. The van der Waals surface area contributed by atoms with Crippen molar-refractivity contribution in [2.45, 2.75) is 20.8 Å². The van der Waals surface area contributed by atoms with E-state index in [0.717, 1.165) is 17.3 Å². The molecule has 0 aliphatic rings. The minimum atomic E-state index is 0.768. The van der Waals surface area contributed by atoms with Gasteiger partial charge in [0.2, 0.25) is 0 Å². The van der Waals surface area contributed by atoms with Gasteiger partial charge in [-0.15, -0.1) is 0 Å². The molecule has 0 saturated heterocycles. The average molecular weight is 222 g/mol. The number of benzene rings is 1. The summed E-state index contributed by atoms with van der Waals surface area (Å²) in [7, 11) is 1.99. The minimum absolute atomic E-state index is 0.768. The van der Waals surface area contributed by atoms with E-state index in [1.54, 1.807) is 0 Å². The van der Waals surface area contributed by atoms with Crippen molar-refractivity contribution in [3.05, 3.63) is 29.3 Å². The van der Waals surface area contributed by atoms with Crippen molar-refractivity contribution in [2.75, 3.05) is 18.5 Å². The van der Waals surface area contributed by atoms with Crippen LogP contribution in [0.2, 0.25) is 0 Å². The monoisotopic (exact) mass is 222 g/mol. The first-order valence-corrected chi connectivity index (χ1v) is 5.56. The van der Waals surface area contributed by atoms with Crippen LogP contribution in [0.25, 0.3) is 0 Å². The summed E-state index contributed by atoms with van der Waals surface area (Å²) < 4.78 is 0. The van der Waals surface area contributed by atoms with Crippen LogP contribution in [0, 0.1) is 13.8 Å². The molecule has 0 aliphatic carbocycles. The topological polar surface area (TPSA) is 15.3 Å². The predicted molar refractivity (Wildman–Crippen MR) is 70.6 cm³/mol. The Morgan fingerprint density at radius 3 is 2.60 bits per heavy atom. The van der Waals surface area contributed by atoms with E-state index < -0.39 is 0 Å². The Labute approximate surface area is 97.3 Å². The van der Waals surface area contributed by atoms with Gasteiger partial charge in [0, 0.05) is 19.3 Å². The van der Waals surface area contributed by atoms with Crippen LogP contribution < -0.4 is 10.2 Å². The summed E-state index contributed by atoms with van der Waals surface area (Å²) in [5.74, 6) is 0. The van der Waals surface area contributed by atoms with Gasteiger partial charge in [0.15, 0.2) is 5.11 Å². The van der Waals surface area contributed by atoms with Crippen molar-refractivity contribution >= 4 is 23.0 Å². The minimum Gasteiger partial charge on any atom is -0.363 e. The first-order chi connectivity index (χ1) is 7.06. The van der Waals surface area contributed by atoms with Crippen molar-refractivity contribution in [1.29, 1.82) is 0 Å². The quantitative estimate of drug-likeness (QED) is 0.774. The van der Waals surface area contributed by atoms with Crippen molar-refractivity contribution in [2.24, 2.45) is 0 Å². The molecule has 1 N–H and O–H groups in total. The zero-order valence-corrected chi connectivity index (χ0v) is 10.6. The van der Waals surface area contributed by atoms with Crippen LogP contribution in [-0.2, 0) is 0 Å². The van der Waals surface area contributed by atoms with Crippen molar-refractivity contribution < 1.29 is 0 Å². The molecule has 0 heterocycles. The van der Waals surface area contributed by atoms with Gasteiger partial charge in [-0.05, 0) is 44.6 Å². The number of rotatable bonds is 2. The highest BCUT2D eigenvalue weighted by atomic mass is 32.1. The molecule has 15 heavy (non-hydrogen) atoms. The third-order valence-corrected chi connectivity index (χ3v) is 2.76. The molecule has 1 aromatic rings. The standard InChI is InChI=1S/C12H18N2S/c1-5-13-12(15)14(4)11-7-6-9(2)8-10(11)3/h6-8H,5H2,1-4H3,(H,13,15). The lowest BCUT2D eigenvalue weighted by molar-refractivity contribution is 0.955. The predicted octanol–water partition coefficient (Wildman–Crippen LogP) is 2.63. The molecule has 82 valence electrons. The second-order valence-electron chi connectivity index (χ2n) is 3.68. The molecule has 1 rings (SSSR count). The molecule has 0 atom stereocenters.